The van der Waals surface area contributed by atoms with E-state index in [0.29, 0.717) is 6.54 Å². The van der Waals surface area contributed by atoms with Crippen molar-refractivity contribution in [1.82, 2.24) is 10.2 Å². The Morgan fingerprint density at radius 3 is 2.46 bits per heavy atom. The minimum absolute atomic E-state index is 0.0295. The number of carbonyl (C=O) groups excluding carboxylic acids is 1. The number of nitrogens with one attached hydrogen (secondary N) is 1. The number of thiophene rings is 1. The number of likely N-dealkylation sites (N-methyl/N-ethyl adjacent to an activating group) is 1. The van der Waals surface area contributed by atoms with E-state index in [1.54, 1.807) is 11.3 Å². The standard InChI is InChI=1S/C17H21N3O5S/c1-19(2)13(16-6-5-7-26-16)10-18-17(21)11-8-14(24-3)15(25-4)9-12(11)20(22)23/h5-9,13H,10H2,1-4H3,(H,18,21). The monoisotopic (exact) mass is 379 g/mol. The van der Waals surface area contributed by atoms with E-state index in [4.69, 9.17) is 9.47 Å². The van der Waals surface area contributed by atoms with Crippen molar-refractivity contribution in [3.8, 4) is 11.5 Å². The molecule has 2 aromatic rings. The van der Waals surface area contributed by atoms with Gasteiger partial charge in [0.1, 0.15) is 5.56 Å². The maximum atomic E-state index is 12.6. The van der Waals surface area contributed by atoms with Crippen LogP contribution in [0, 0.1) is 10.1 Å². The number of hydrogen-bond donors (Lipinski definition) is 1. The average molecular weight is 379 g/mol. The van der Waals surface area contributed by atoms with Gasteiger partial charge in [-0.2, -0.15) is 0 Å². The van der Waals surface area contributed by atoms with E-state index in [1.165, 1.54) is 26.4 Å². The van der Waals surface area contributed by atoms with Crippen molar-refractivity contribution in [2.75, 3.05) is 34.9 Å². The first-order valence-electron chi connectivity index (χ1n) is 7.77. The van der Waals surface area contributed by atoms with Gasteiger partial charge in [-0.3, -0.25) is 14.9 Å². The van der Waals surface area contributed by atoms with E-state index in [-0.39, 0.29) is 28.8 Å². The Morgan fingerprint density at radius 1 is 1.31 bits per heavy atom. The van der Waals surface area contributed by atoms with Crippen LogP contribution in [0.2, 0.25) is 0 Å². The molecule has 8 nitrogen and oxygen atoms in total. The lowest BCUT2D eigenvalue weighted by Gasteiger charge is -2.23. The molecule has 140 valence electrons. The Morgan fingerprint density at radius 2 is 1.96 bits per heavy atom. The second-order valence-corrected chi connectivity index (χ2v) is 6.67. The minimum Gasteiger partial charge on any atom is -0.493 e. The van der Waals surface area contributed by atoms with Crippen LogP contribution in [-0.2, 0) is 0 Å². The largest absolute Gasteiger partial charge is 0.493 e. The molecule has 1 atom stereocenters. The molecule has 1 N–H and O–H groups in total. The Labute approximate surface area is 155 Å². The van der Waals surface area contributed by atoms with Crippen molar-refractivity contribution < 1.29 is 19.2 Å². The van der Waals surface area contributed by atoms with Crippen LogP contribution in [0.3, 0.4) is 0 Å². The van der Waals surface area contributed by atoms with Gasteiger partial charge in [-0.1, -0.05) is 6.07 Å². The van der Waals surface area contributed by atoms with Crippen molar-refractivity contribution in [2.24, 2.45) is 0 Å². The highest BCUT2D eigenvalue weighted by molar-refractivity contribution is 7.10. The first kappa shape index (κ1) is 19.7. The molecular formula is C17H21N3O5S. The van der Waals surface area contributed by atoms with E-state index in [9.17, 15) is 14.9 Å². The normalized spacial score (nSPS) is 11.9. The number of nitro benzene ring substituents is 1. The van der Waals surface area contributed by atoms with Gasteiger partial charge in [-0.15, -0.1) is 11.3 Å². The molecule has 1 aromatic carbocycles. The Bertz CT molecular complexity index is 777. The number of hydrogen-bond acceptors (Lipinski definition) is 7. The molecule has 0 aliphatic carbocycles. The number of amides is 1. The second kappa shape index (κ2) is 8.63. The number of nitrogens with zero attached hydrogens (tertiary/aromatic N) is 2. The quantitative estimate of drug-likeness (QED) is 0.560. The fraction of sp³-hybridized carbons (Fsp3) is 0.353. The van der Waals surface area contributed by atoms with Gasteiger partial charge in [-0.25, -0.2) is 0 Å². The van der Waals surface area contributed by atoms with Gasteiger partial charge in [-0.05, 0) is 25.5 Å². The van der Waals surface area contributed by atoms with E-state index < -0.39 is 10.8 Å². The van der Waals surface area contributed by atoms with Gasteiger partial charge < -0.3 is 19.7 Å². The van der Waals surface area contributed by atoms with Crippen LogP contribution in [0.15, 0.2) is 29.6 Å². The highest BCUT2D eigenvalue weighted by Crippen LogP contribution is 2.34. The van der Waals surface area contributed by atoms with Crippen LogP contribution in [0.25, 0.3) is 0 Å². The summed E-state index contributed by atoms with van der Waals surface area (Å²) >= 11 is 1.59. The fourth-order valence-electron chi connectivity index (χ4n) is 2.50. The molecule has 0 fully saturated rings. The van der Waals surface area contributed by atoms with Gasteiger partial charge >= 0.3 is 0 Å². The lowest BCUT2D eigenvalue weighted by molar-refractivity contribution is -0.385. The maximum Gasteiger partial charge on any atom is 0.286 e. The van der Waals surface area contributed by atoms with E-state index in [0.717, 1.165) is 4.88 Å². The molecule has 2 rings (SSSR count). The lowest BCUT2D eigenvalue weighted by Crippen LogP contribution is -2.34. The summed E-state index contributed by atoms with van der Waals surface area (Å²) in [6.07, 6.45) is 0. The first-order valence-corrected chi connectivity index (χ1v) is 8.65. The van der Waals surface area contributed by atoms with E-state index in [1.807, 2.05) is 36.5 Å². The molecular weight excluding hydrogens is 358 g/mol. The van der Waals surface area contributed by atoms with Crippen LogP contribution in [0.4, 0.5) is 5.69 Å². The number of carbonyl (C=O) groups is 1. The highest BCUT2D eigenvalue weighted by Gasteiger charge is 2.25. The highest BCUT2D eigenvalue weighted by atomic mass is 32.1. The molecule has 0 saturated carbocycles. The molecule has 0 aliphatic rings. The van der Waals surface area contributed by atoms with E-state index >= 15 is 0 Å². The molecule has 9 heteroatoms. The lowest BCUT2D eigenvalue weighted by atomic mass is 10.1. The predicted octanol–water partition coefficient (Wildman–Crippen LogP) is 2.71. The summed E-state index contributed by atoms with van der Waals surface area (Å²) in [6, 6.07) is 6.41. The van der Waals surface area contributed by atoms with Crippen LogP contribution in [0.1, 0.15) is 21.3 Å². The fourth-order valence-corrected chi connectivity index (χ4v) is 3.43. The van der Waals surface area contributed by atoms with Crippen molar-refractivity contribution in [1.29, 1.82) is 0 Å². The van der Waals surface area contributed by atoms with Gasteiger partial charge in [0.15, 0.2) is 11.5 Å². The molecule has 0 radical (unpaired) electrons. The molecule has 1 aromatic heterocycles. The number of methoxy groups -OCH3 is 2. The summed E-state index contributed by atoms with van der Waals surface area (Å²) in [5, 5.41) is 16.1. The van der Waals surface area contributed by atoms with Crippen LogP contribution in [0.5, 0.6) is 11.5 Å². The molecule has 0 aliphatic heterocycles. The summed E-state index contributed by atoms with van der Waals surface area (Å²) in [4.78, 5) is 26.4. The van der Waals surface area contributed by atoms with Crippen LogP contribution >= 0.6 is 11.3 Å². The summed E-state index contributed by atoms with van der Waals surface area (Å²) < 4.78 is 10.2. The third kappa shape index (κ3) is 4.30. The smallest absolute Gasteiger partial charge is 0.286 e. The zero-order chi connectivity index (χ0) is 19.3. The van der Waals surface area contributed by atoms with Gasteiger partial charge in [0.05, 0.1) is 31.3 Å². The van der Waals surface area contributed by atoms with Crippen molar-refractivity contribution >= 4 is 22.9 Å². The van der Waals surface area contributed by atoms with Crippen molar-refractivity contribution in [3.05, 3.63) is 50.2 Å². The van der Waals surface area contributed by atoms with E-state index in [2.05, 4.69) is 5.32 Å². The van der Waals surface area contributed by atoms with Gasteiger partial charge in [0.25, 0.3) is 11.6 Å². The molecule has 1 unspecified atom stereocenters. The third-order valence-corrected chi connectivity index (χ3v) is 4.87. The molecule has 0 saturated heterocycles. The Kier molecular flexibility index (Phi) is 6.53. The summed E-state index contributed by atoms with van der Waals surface area (Å²) in [5.41, 5.74) is -0.408. The number of nitro groups is 1. The Hall–Kier alpha value is -2.65. The molecule has 0 bridgehead atoms. The van der Waals surface area contributed by atoms with Crippen LogP contribution in [-0.4, -0.2) is 50.6 Å². The second-order valence-electron chi connectivity index (χ2n) is 5.69. The topological polar surface area (TPSA) is 93.9 Å². The summed E-state index contributed by atoms with van der Waals surface area (Å²) in [6.45, 7) is 0.317. The zero-order valence-electron chi connectivity index (χ0n) is 15.0. The third-order valence-electron chi connectivity index (χ3n) is 3.89. The first-order chi connectivity index (χ1) is 12.4. The number of rotatable bonds is 8. The number of ether oxygens (including phenoxy) is 2. The average Bonchev–Trinajstić information content (AvgIpc) is 3.14. The summed E-state index contributed by atoms with van der Waals surface area (Å²) in [5.74, 6) is -0.0905. The Balaban J connectivity index is 2.26. The molecule has 1 heterocycles. The molecule has 1 amide bonds. The number of benzene rings is 1. The van der Waals surface area contributed by atoms with Gasteiger partial charge in [0, 0.05) is 17.5 Å². The zero-order valence-corrected chi connectivity index (χ0v) is 15.8. The maximum absolute atomic E-state index is 12.6. The molecule has 26 heavy (non-hydrogen) atoms. The minimum atomic E-state index is -0.612. The summed E-state index contributed by atoms with van der Waals surface area (Å²) in [7, 11) is 6.61. The van der Waals surface area contributed by atoms with Crippen molar-refractivity contribution in [3.63, 3.8) is 0 Å². The SMILES string of the molecule is COc1cc(C(=O)NCC(c2cccs2)N(C)C)c([N+](=O)[O-])cc1OC. The molecule has 0 spiro atoms. The van der Waals surface area contributed by atoms with Crippen LogP contribution < -0.4 is 14.8 Å². The van der Waals surface area contributed by atoms with Crippen molar-refractivity contribution in [2.45, 2.75) is 6.04 Å². The van der Waals surface area contributed by atoms with Gasteiger partial charge in [0.2, 0.25) is 0 Å². The predicted molar refractivity (Wildman–Crippen MR) is 99.3 cm³/mol.